The third-order valence-corrected chi connectivity index (χ3v) is 2.79. The first-order valence-corrected chi connectivity index (χ1v) is 6.62. The number of nitrogens with zero attached hydrogens (tertiary/aromatic N) is 1. The Kier molecular flexibility index (Phi) is 9.68. The maximum atomic E-state index is 12.1. The number of hydrogen-bond acceptors (Lipinski definition) is 2. The summed E-state index contributed by atoms with van der Waals surface area (Å²) in [6.07, 6.45) is -2.22. The number of hydrogen-bond donors (Lipinski definition) is 0. The first kappa shape index (κ1) is 13.7. The Morgan fingerprint density at radius 2 is 2.08 bits per heavy atom. The molecule has 5 heteroatoms. The lowest BCUT2D eigenvalue weighted by Gasteiger charge is -2.20. The van der Waals surface area contributed by atoms with Crippen LogP contribution in [0.2, 0.25) is 0 Å². The largest absolute Gasteiger partial charge is 0.296 e. The molecule has 0 amide bonds. The van der Waals surface area contributed by atoms with Crippen molar-refractivity contribution in [3.8, 4) is 0 Å². The minimum atomic E-state index is -2.22. The third kappa shape index (κ3) is 8.97. The molecule has 0 saturated carbocycles. The van der Waals surface area contributed by atoms with Crippen LogP contribution >= 0.6 is 27.7 Å². The van der Waals surface area contributed by atoms with Gasteiger partial charge in [0.15, 0.2) is 0 Å². The zero-order valence-corrected chi connectivity index (χ0v) is 10.2. The molecule has 1 nitrogen and oxygen atoms in total. The summed E-state index contributed by atoms with van der Waals surface area (Å²) >= 11 is 5.04. The van der Waals surface area contributed by atoms with Gasteiger partial charge in [-0.2, -0.15) is 11.8 Å². The maximum absolute atomic E-state index is 12.1. The van der Waals surface area contributed by atoms with Crippen LogP contribution in [0.15, 0.2) is 0 Å². The van der Waals surface area contributed by atoms with Crippen LogP contribution < -0.4 is 0 Å². The van der Waals surface area contributed by atoms with E-state index >= 15 is 0 Å². The van der Waals surface area contributed by atoms with Crippen LogP contribution in [0, 0.1) is 0 Å². The van der Waals surface area contributed by atoms with Gasteiger partial charge < -0.3 is 0 Å². The van der Waals surface area contributed by atoms with Gasteiger partial charge in [-0.05, 0) is 5.75 Å². The lowest BCUT2D eigenvalue weighted by atomic mass is 10.5. The molecule has 0 bridgehead atoms. The summed E-state index contributed by atoms with van der Waals surface area (Å²) in [5.74, 6) is 1.99. The zero-order chi connectivity index (χ0) is 10.1. The molecule has 0 spiro atoms. The number of thioether (sulfide) groups is 1. The smallest absolute Gasteiger partial charge is 0.251 e. The monoisotopic (exact) mass is 275 g/mol. The molecule has 0 unspecified atom stereocenters. The lowest BCUT2D eigenvalue weighted by Crippen LogP contribution is -2.32. The van der Waals surface area contributed by atoms with Gasteiger partial charge in [-0.1, -0.05) is 22.9 Å². The molecule has 80 valence electrons. The van der Waals surface area contributed by atoms with Gasteiger partial charge in [0.05, 0.1) is 6.54 Å². The Hall–Kier alpha value is 0.650. The highest BCUT2D eigenvalue weighted by Gasteiger charge is 2.10. The second kappa shape index (κ2) is 9.21. The summed E-state index contributed by atoms with van der Waals surface area (Å²) < 4.78 is 24.1. The third-order valence-electron chi connectivity index (χ3n) is 1.55. The van der Waals surface area contributed by atoms with E-state index in [-0.39, 0.29) is 6.54 Å². The molecule has 0 heterocycles. The van der Waals surface area contributed by atoms with Crippen LogP contribution in [0.5, 0.6) is 0 Å². The Balaban J connectivity index is 3.53. The van der Waals surface area contributed by atoms with Crippen molar-refractivity contribution in [2.45, 2.75) is 13.3 Å². The SMILES string of the molecule is CCSCCN(CCBr)CC(F)F. The molecule has 0 atom stereocenters. The molecule has 0 radical (unpaired) electrons. The molecule has 0 aliphatic carbocycles. The maximum Gasteiger partial charge on any atom is 0.251 e. The first-order valence-electron chi connectivity index (χ1n) is 4.35. The summed E-state index contributed by atoms with van der Waals surface area (Å²) in [5, 5.41) is 0.760. The average molecular weight is 276 g/mol. The van der Waals surface area contributed by atoms with Crippen LogP contribution in [0.4, 0.5) is 8.78 Å². The minimum Gasteiger partial charge on any atom is -0.296 e. The van der Waals surface area contributed by atoms with Crippen molar-refractivity contribution in [1.82, 2.24) is 4.90 Å². The summed E-state index contributed by atoms with van der Waals surface area (Å²) in [5.41, 5.74) is 0. The van der Waals surface area contributed by atoms with Gasteiger partial charge in [0.25, 0.3) is 6.43 Å². The Bertz CT molecular complexity index is 116. The average Bonchev–Trinajstić information content (AvgIpc) is 2.04. The quantitative estimate of drug-likeness (QED) is 0.495. The minimum absolute atomic E-state index is 0.101. The van der Waals surface area contributed by atoms with Crippen LogP contribution in [-0.2, 0) is 0 Å². The van der Waals surface area contributed by atoms with E-state index in [1.807, 2.05) is 0 Å². The molecule has 0 rings (SSSR count). The molecule has 0 aromatic heterocycles. The van der Waals surface area contributed by atoms with E-state index in [1.54, 1.807) is 16.7 Å². The van der Waals surface area contributed by atoms with Gasteiger partial charge in [-0.25, -0.2) is 8.78 Å². The predicted molar refractivity (Wildman–Crippen MR) is 59.2 cm³/mol. The van der Waals surface area contributed by atoms with E-state index in [9.17, 15) is 8.78 Å². The van der Waals surface area contributed by atoms with Gasteiger partial charge in [0.2, 0.25) is 0 Å². The number of rotatable bonds is 8. The highest BCUT2D eigenvalue weighted by molar-refractivity contribution is 9.09. The molecule has 0 aliphatic rings. The normalized spacial score (nSPS) is 11.5. The summed E-state index contributed by atoms with van der Waals surface area (Å²) in [6, 6.07) is 0. The van der Waals surface area contributed by atoms with Crippen molar-refractivity contribution >= 4 is 27.7 Å². The summed E-state index contributed by atoms with van der Waals surface area (Å²) in [4.78, 5) is 1.79. The zero-order valence-electron chi connectivity index (χ0n) is 7.81. The fraction of sp³-hybridized carbons (Fsp3) is 1.00. The van der Waals surface area contributed by atoms with Gasteiger partial charge in [-0.15, -0.1) is 0 Å². The predicted octanol–water partition coefficient (Wildman–Crippen LogP) is 2.70. The fourth-order valence-electron chi connectivity index (χ4n) is 0.947. The number of halogens is 3. The van der Waals surface area contributed by atoms with Gasteiger partial charge in [0.1, 0.15) is 0 Å². The number of alkyl halides is 3. The van der Waals surface area contributed by atoms with Gasteiger partial charge in [-0.3, -0.25) is 4.90 Å². The summed E-state index contributed by atoms with van der Waals surface area (Å²) in [6.45, 7) is 3.44. The highest BCUT2D eigenvalue weighted by atomic mass is 79.9. The Labute approximate surface area is 91.4 Å². The molecule has 0 aromatic carbocycles. The van der Waals surface area contributed by atoms with E-state index in [1.165, 1.54) is 0 Å². The van der Waals surface area contributed by atoms with Gasteiger partial charge in [0, 0.05) is 24.2 Å². The van der Waals surface area contributed by atoms with E-state index < -0.39 is 6.43 Å². The topological polar surface area (TPSA) is 3.24 Å². The van der Waals surface area contributed by atoms with Crippen molar-refractivity contribution < 1.29 is 8.78 Å². The van der Waals surface area contributed by atoms with E-state index in [2.05, 4.69) is 22.9 Å². The lowest BCUT2D eigenvalue weighted by molar-refractivity contribution is 0.0945. The Morgan fingerprint density at radius 1 is 1.38 bits per heavy atom. The van der Waals surface area contributed by atoms with Crippen LogP contribution in [0.25, 0.3) is 0 Å². The second-order valence-corrected chi connectivity index (χ2v) is 4.76. The standard InChI is InChI=1S/C8H16BrF2NS/c1-2-13-6-5-12(4-3-9)7-8(10)11/h8H,2-7H2,1H3. The molecule has 13 heavy (non-hydrogen) atoms. The van der Waals surface area contributed by atoms with Crippen molar-refractivity contribution in [3.63, 3.8) is 0 Å². The van der Waals surface area contributed by atoms with Crippen molar-refractivity contribution in [3.05, 3.63) is 0 Å². The van der Waals surface area contributed by atoms with E-state index in [4.69, 9.17) is 0 Å². The fourth-order valence-corrected chi connectivity index (χ4v) is 2.12. The molecule has 0 aliphatic heterocycles. The van der Waals surface area contributed by atoms with Crippen LogP contribution in [-0.4, -0.2) is 47.8 Å². The highest BCUT2D eigenvalue weighted by Crippen LogP contribution is 2.03. The van der Waals surface area contributed by atoms with E-state index in [0.29, 0.717) is 6.54 Å². The second-order valence-electron chi connectivity index (χ2n) is 2.58. The molecular weight excluding hydrogens is 260 g/mol. The first-order chi connectivity index (χ1) is 6.20. The van der Waals surface area contributed by atoms with Crippen molar-refractivity contribution in [2.24, 2.45) is 0 Å². The van der Waals surface area contributed by atoms with E-state index in [0.717, 1.165) is 23.4 Å². The molecule has 0 aromatic rings. The Morgan fingerprint density at radius 3 is 2.54 bits per heavy atom. The molecule has 0 saturated heterocycles. The van der Waals surface area contributed by atoms with Crippen molar-refractivity contribution in [2.75, 3.05) is 36.5 Å². The molecule has 0 N–H and O–H groups in total. The molecule has 0 fully saturated rings. The van der Waals surface area contributed by atoms with Crippen molar-refractivity contribution in [1.29, 1.82) is 0 Å². The summed E-state index contributed by atoms with van der Waals surface area (Å²) in [7, 11) is 0. The molecular formula is C8H16BrF2NS. The van der Waals surface area contributed by atoms with Gasteiger partial charge >= 0.3 is 0 Å². The van der Waals surface area contributed by atoms with Crippen LogP contribution in [0.1, 0.15) is 6.92 Å². The van der Waals surface area contributed by atoms with Crippen LogP contribution in [0.3, 0.4) is 0 Å².